The Hall–Kier alpha value is -3.85. The van der Waals surface area contributed by atoms with Gasteiger partial charge in [-0.1, -0.05) is 48.9 Å². The van der Waals surface area contributed by atoms with E-state index in [1.807, 2.05) is 13.0 Å². The first-order chi connectivity index (χ1) is 16.8. The summed E-state index contributed by atoms with van der Waals surface area (Å²) in [4.78, 5) is 40.8. The highest BCUT2D eigenvalue weighted by Crippen LogP contribution is 2.42. The molecule has 0 unspecified atom stereocenters. The van der Waals surface area contributed by atoms with E-state index < -0.39 is 17.9 Å². The van der Waals surface area contributed by atoms with Crippen LogP contribution >= 0.6 is 11.3 Å². The SMILES string of the molecule is COC(=O)c1ccc([C@@H]2c3c(oc4ccc(C)cc4c3=O)C(=O)N2c2nnc(CC(C)C)s2)cc1. The van der Waals surface area contributed by atoms with E-state index in [-0.39, 0.29) is 16.8 Å². The van der Waals surface area contributed by atoms with Crippen LogP contribution in [0, 0.1) is 12.8 Å². The molecule has 2 aromatic heterocycles. The number of ether oxygens (including phenoxy) is 1. The van der Waals surface area contributed by atoms with Gasteiger partial charge in [0.1, 0.15) is 10.6 Å². The largest absolute Gasteiger partial charge is 0.465 e. The lowest BCUT2D eigenvalue weighted by molar-refractivity contribution is 0.0600. The van der Waals surface area contributed by atoms with E-state index in [1.54, 1.807) is 36.4 Å². The fourth-order valence-corrected chi connectivity index (χ4v) is 5.37. The van der Waals surface area contributed by atoms with Crippen molar-refractivity contribution in [2.75, 3.05) is 12.0 Å². The first-order valence-electron chi connectivity index (χ1n) is 11.2. The van der Waals surface area contributed by atoms with E-state index in [2.05, 4.69) is 24.0 Å². The number of benzene rings is 2. The number of hydrogen-bond acceptors (Lipinski definition) is 8. The number of amides is 1. The van der Waals surface area contributed by atoms with Crippen LogP contribution in [0.4, 0.5) is 5.13 Å². The van der Waals surface area contributed by atoms with E-state index in [9.17, 15) is 14.4 Å². The zero-order valence-corrected chi connectivity index (χ0v) is 20.5. The smallest absolute Gasteiger partial charge is 0.337 e. The van der Waals surface area contributed by atoms with Crippen LogP contribution in [0.1, 0.15) is 62.5 Å². The van der Waals surface area contributed by atoms with Crippen molar-refractivity contribution in [3.8, 4) is 0 Å². The number of esters is 1. The van der Waals surface area contributed by atoms with E-state index >= 15 is 0 Å². The molecule has 1 aliphatic heterocycles. The second-order valence-corrected chi connectivity index (χ2v) is 9.98. The molecule has 0 saturated heterocycles. The molecule has 4 aromatic rings. The second-order valence-electron chi connectivity index (χ2n) is 8.94. The van der Waals surface area contributed by atoms with Gasteiger partial charge >= 0.3 is 5.97 Å². The number of carbonyl (C=O) groups is 2. The van der Waals surface area contributed by atoms with Gasteiger partial charge in [-0.05, 0) is 42.7 Å². The molecule has 0 bridgehead atoms. The number of aromatic nitrogens is 2. The number of methoxy groups -OCH3 is 1. The third-order valence-electron chi connectivity index (χ3n) is 5.92. The fraction of sp³-hybridized carbons (Fsp3) is 0.269. The molecule has 0 spiro atoms. The van der Waals surface area contributed by atoms with Crippen molar-refractivity contribution in [3.05, 3.63) is 85.7 Å². The first kappa shape index (κ1) is 22.9. The van der Waals surface area contributed by atoms with E-state index in [0.29, 0.717) is 33.1 Å². The average molecular weight is 490 g/mol. The molecule has 8 nitrogen and oxygen atoms in total. The van der Waals surface area contributed by atoms with Crippen LogP contribution in [0.2, 0.25) is 0 Å². The van der Waals surface area contributed by atoms with Crippen molar-refractivity contribution in [3.63, 3.8) is 0 Å². The lowest BCUT2D eigenvalue weighted by Crippen LogP contribution is -2.29. The molecule has 0 N–H and O–H groups in total. The van der Waals surface area contributed by atoms with Crippen LogP contribution in [-0.4, -0.2) is 29.2 Å². The third kappa shape index (κ3) is 3.91. The van der Waals surface area contributed by atoms with Gasteiger partial charge in [0, 0.05) is 6.42 Å². The quantitative estimate of drug-likeness (QED) is 0.375. The minimum atomic E-state index is -0.773. The molecule has 2 aromatic carbocycles. The van der Waals surface area contributed by atoms with Crippen molar-refractivity contribution < 1.29 is 18.7 Å². The highest BCUT2D eigenvalue weighted by molar-refractivity contribution is 7.15. The van der Waals surface area contributed by atoms with Gasteiger partial charge in [0.15, 0.2) is 5.43 Å². The number of carbonyl (C=O) groups excluding carboxylic acids is 2. The molecular formula is C26H23N3O5S. The summed E-state index contributed by atoms with van der Waals surface area (Å²) in [7, 11) is 1.31. The number of aryl methyl sites for hydroxylation is 1. The van der Waals surface area contributed by atoms with Gasteiger partial charge in [0.25, 0.3) is 5.91 Å². The number of rotatable bonds is 5. The Morgan fingerprint density at radius 3 is 2.57 bits per heavy atom. The second kappa shape index (κ2) is 8.74. The summed E-state index contributed by atoms with van der Waals surface area (Å²) in [5.74, 6) is -0.552. The van der Waals surface area contributed by atoms with Crippen LogP contribution < -0.4 is 10.3 Å². The summed E-state index contributed by atoms with van der Waals surface area (Å²) in [6.07, 6.45) is 0.728. The maximum absolute atomic E-state index is 13.7. The molecule has 3 heterocycles. The molecule has 0 saturated carbocycles. The van der Waals surface area contributed by atoms with Crippen LogP contribution in [0.5, 0.6) is 0 Å². The lowest BCUT2D eigenvalue weighted by atomic mass is 9.97. The predicted octanol–water partition coefficient (Wildman–Crippen LogP) is 4.69. The van der Waals surface area contributed by atoms with Crippen molar-refractivity contribution in [2.45, 2.75) is 33.2 Å². The van der Waals surface area contributed by atoms with Gasteiger partial charge in [-0.3, -0.25) is 14.5 Å². The molecule has 5 rings (SSSR count). The summed E-state index contributed by atoms with van der Waals surface area (Å²) in [6, 6.07) is 11.2. The van der Waals surface area contributed by atoms with Gasteiger partial charge < -0.3 is 9.15 Å². The Kier molecular flexibility index (Phi) is 5.72. The number of nitrogens with zero attached hydrogens (tertiary/aromatic N) is 3. The third-order valence-corrected chi connectivity index (χ3v) is 6.86. The van der Waals surface area contributed by atoms with Crippen LogP contribution in [-0.2, 0) is 11.2 Å². The average Bonchev–Trinajstić information content (AvgIpc) is 3.41. The van der Waals surface area contributed by atoms with Gasteiger partial charge in [-0.15, -0.1) is 10.2 Å². The molecule has 1 atom stereocenters. The Morgan fingerprint density at radius 2 is 1.89 bits per heavy atom. The van der Waals surface area contributed by atoms with Crippen molar-refractivity contribution in [2.24, 2.45) is 5.92 Å². The molecular weight excluding hydrogens is 466 g/mol. The normalized spacial score (nSPS) is 15.2. The van der Waals surface area contributed by atoms with Crippen LogP contribution in [0.3, 0.4) is 0 Å². The summed E-state index contributed by atoms with van der Waals surface area (Å²) in [5, 5.41) is 10.2. The number of anilines is 1. The first-order valence-corrected chi connectivity index (χ1v) is 12.0. The Bertz CT molecular complexity index is 1520. The fourth-order valence-electron chi connectivity index (χ4n) is 4.29. The topological polar surface area (TPSA) is 103 Å². The lowest BCUT2D eigenvalue weighted by Gasteiger charge is -2.22. The maximum Gasteiger partial charge on any atom is 0.337 e. The molecule has 178 valence electrons. The number of fused-ring (bicyclic) bond motifs is 2. The zero-order chi connectivity index (χ0) is 24.9. The highest BCUT2D eigenvalue weighted by atomic mass is 32.1. The molecule has 0 fully saturated rings. The summed E-state index contributed by atoms with van der Waals surface area (Å²) in [6.45, 7) is 6.06. The number of hydrogen-bond donors (Lipinski definition) is 0. The molecule has 0 aliphatic carbocycles. The van der Waals surface area contributed by atoms with Crippen LogP contribution in [0.25, 0.3) is 11.0 Å². The standard InChI is InChI=1S/C26H23N3O5S/c1-13(2)11-19-27-28-26(35-19)29-21(15-6-8-16(9-7-15)25(32)33-4)20-22(30)17-12-14(3)5-10-18(17)34-23(20)24(29)31/h5-10,12-13,21H,11H2,1-4H3/t21-/m1/s1. The van der Waals surface area contributed by atoms with Gasteiger partial charge in [0.05, 0.1) is 29.7 Å². The molecule has 1 aliphatic rings. The minimum Gasteiger partial charge on any atom is -0.465 e. The van der Waals surface area contributed by atoms with Gasteiger partial charge in [-0.2, -0.15) is 0 Å². The van der Waals surface area contributed by atoms with E-state index in [0.717, 1.165) is 17.0 Å². The maximum atomic E-state index is 13.7. The Balaban J connectivity index is 1.71. The Morgan fingerprint density at radius 1 is 1.14 bits per heavy atom. The highest BCUT2D eigenvalue weighted by Gasteiger charge is 2.45. The van der Waals surface area contributed by atoms with Crippen LogP contribution in [0.15, 0.2) is 51.7 Å². The van der Waals surface area contributed by atoms with Crippen molar-refractivity contribution >= 4 is 39.3 Å². The van der Waals surface area contributed by atoms with E-state index in [4.69, 9.17) is 9.15 Å². The van der Waals surface area contributed by atoms with Crippen molar-refractivity contribution in [1.29, 1.82) is 0 Å². The van der Waals surface area contributed by atoms with Crippen molar-refractivity contribution in [1.82, 2.24) is 10.2 Å². The van der Waals surface area contributed by atoms with Gasteiger partial charge in [0.2, 0.25) is 10.9 Å². The molecule has 1 amide bonds. The minimum absolute atomic E-state index is 0.00555. The molecule has 35 heavy (non-hydrogen) atoms. The van der Waals surface area contributed by atoms with E-state index in [1.165, 1.54) is 23.3 Å². The summed E-state index contributed by atoms with van der Waals surface area (Å²) >= 11 is 1.32. The monoisotopic (exact) mass is 489 g/mol. The summed E-state index contributed by atoms with van der Waals surface area (Å²) in [5.41, 5.74) is 2.25. The molecule has 0 radical (unpaired) electrons. The molecule has 9 heteroatoms. The zero-order valence-electron chi connectivity index (χ0n) is 19.7. The summed E-state index contributed by atoms with van der Waals surface area (Å²) < 4.78 is 10.8. The van der Waals surface area contributed by atoms with Gasteiger partial charge in [-0.25, -0.2) is 4.79 Å². The Labute approximate surface area is 205 Å². The predicted molar refractivity (Wildman–Crippen MR) is 132 cm³/mol.